The van der Waals surface area contributed by atoms with Crippen LogP contribution in [0.5, 0.6) is 0 Å². The first-order valence-electron chi connectivity index (χ1n) is 8.44. The van der Waals surface area contributed by atoms with E-state index in [4.69, 9.17) is 4.98 Å². The van der Waals surface area contributed by atoms with Gasteiger partial charge >= 0.3 is 0 Å². The topological polar surface area (TPSA) is 54.3 Å². The van der Waals surface area contributed by atoms with E-state index in [0.717, 1.165) is 48.2 Å². The Kier molecular flexibility index (Phi) is 3.95. The maximum atomic E-state index is 11.4. The molecule has 1 aliphatic rings. The van der Waals surface area contributed by atoms with E-state index in [0.29, 0.717) is 0 Å². The second kappa shape index (κ2) is 6.15. The molecule has 2 aromatic heterocycles. The Bertz CT molecular complexity index is 884. The quantitative estimate of drug-likeness (QED) is 0.676. The lowest BCUT2D eigenvalue weighted by molar-refractivity contribution is 0.101. The van der Waals surface area contributed by atoms with E-state index < -0.39 is 0 Å². The third kappa shape index (κ3) is 2.89. The smallest absolute Gasteiger partial charge is 0.188 e. The van der Waals surface area contributed by atoms with Crippen LogP contribution in [0.3, 0.4) is 0 Å². The third-order valence-corrected chi connectivity index (χ3v) is 5.94. The first-order valence-corrected chi connectivity index (χ1v) is 9.25. The number of rotatable bonds is 3. The van der Waals surface area contributed by atoms with Crippen LogP contribution in [0, 0.1) is 6.92 Å². The molecule has 0 aliphatic carbocycles. The largest absolute Gasteiger partial charge is 0.368 e. The molecule has 0 amide bonds. The zero-order valence-electron chi connectivity index (χ0n) is 14.7. The normalized spacial score (nSPS) is 15.2. The summed E-state index contributed by atoms with van der Waals surface area (Å²) in [5, 5.41) is 5.50. The first-order chi connectivity index (χ1) is 12.0. The predicted octanol–water partition coefficient (Wildman–Crippen LogP) is 2.87. The number of hydrogen-bond acceptors (Lipinski definition) is 6. The minimum Gasteiger partial charge on any atom is -0.368 e. The van der Waals surface area contributed by atoms with Crippen molar-refractivity contribution in [3.8, 4) is 0 Å². The number of aromatic nitrogens is 3. The fourth-order valence-electron chi connectivity index (χ4n) is 3.27. The van der Waals surface area contributed by atoms with E-state index in [9.17, 15) is 4.79 Å². The van der Waals surface area contributed by atoms with E-state index in [-0.39, 0.29) is 5.78 Å². The van der Waals surface area contributed by atoms with Gasteiger partial charge in [0.25, 0.3) is 0 Å². The van der Waals surface area contributed by atoms with Crippen molar-refractivity contribution in [2.45, 2.75) is 13.8 Å². The van der Waals surface area contributed by atoms with Crippen LogP contribution in [0.4, 0.5) is 10.8 Å². The average Bonchev–Trinajstić information content (AvgIpc) is 3.17. The minimum absolute atomic E-state index is 0.108. The van der Waals surface area contributed by atoms with Gasteiger partial charge in [0.05, 0.1) is 10.4 Å². The summed E-state index contributed by atoms with van der Waals surface area (Å²) in [4.78, 5) is 20.9. The summed E-state index contributed by atoms with van der Waals surface area (Å²) in [6.45, 7) is 7.43. The van der Waals surface area contributed by atoms with Crippen LogP contribution in [0.25, 0.3) is 10.3 Å². The van der Waals surface area contributed by atoms with E-state index in [1.165, 1.54) is 10.4 Å². The average molecular weight is 355 g/mol. The van der Waals surface area contributed by atoms with Crippen molar-refractivity contribution in [3.63, 3.8) is 0 Å². The van der Waals surface area contributed by atoms with Crippen molar-refractivity contribution in [1.82, 2.24) is 14.8 Å². The number of benzene rings is 1. The summed E-state index contributed by atoms with van der Waals surface area (Å²) in [6.07, 6.45) is 0. The van der Waals surface area contributed by atoms with Crippen molar-refractivity contribution in [3.05, 3.63) is 35.5 Å². The van der Waals surface area contributed by atoms with E-state index in [1.807, 2.05) is 42.9 Å². The number of nitrogens with zero attached hydrogens (tertiary/aromatic N) is 5. The van der Waals surface area contributed by atoms with Crippen LogP contribution in [-0.4, -0.2) is 46.7 Å². The molecule has 4 rings (SSSR count). The lowest BCUT2D eigenvalue weighted by Gasteiger charge is -2.36. The standard InChI is InChI=1S/C18H21N5OS/c1-12-16-17(21(3)20-12)19-18(25-16)23-10-8-22(9-11-23)15-6-4-14(5-7-15)13(2)24/h4-7H,8-11H2,1-3H3. The number of fused-ring (bicyclic) bond motifs is 1. The molecule has 1 aliphatic heterocycles. The number of ketones is 1. The highest BCUT2D eigenvalue weighted by Gasteiger charge is 2.22. The first kappa shape index (κ1) is 16.1. The Labute approximate surface area is 150 Å². The molecule has 0 atom stereocenters. The molecule has 6 nitrogen and oxygen atoms in total. The predicted molar refractivity (Wildman–Crippen MR) is 102 cm³/mol. The summed E-state index contributed by atoms with van der Waals surface area (Å²) >= 11 is 1.73. The van der Waals surface area contributed by atoms with Crippen LogP contribution in [0.2, 0.25) is 0 Å². The maximum absolute atomic E-state index is 11.4. The number of anilines is 2. The fourth-order valence-corrected chi connectivity index (χ4v) is 4.36. The van der Waals surface area contributed by atoms with E-state index in [1.54, 1.807) is 18.3 Å². The molecule has 0 radical (unpaired) electrons. The number of hydrogen-bond donors (Lipinski definition) is 0. The third-order valence-electron chi connectivity index (χ3n) is 4.72. The Morgan fingerprint density at radius 1 is 1.08 bits per heavy atom. The summed E-state index contributed by atoms with van der Waals surface area (Å²) in [7, 11) is 1.95. The van der Waals surface area contributed by atoms with Gasteiger partial charge in [-0.3, -0.25) is 4.79 Å². The van der Waals surface area contributed by atoms with E-state index >= 15 is 0 Å². The van der Waals surface area contributed by atoms with Crippen LogP contribution >= 0.6 is 11.3 Å². The van der Waals surface area contributed by atoms with Crippen molar-refractivity contribution in [2.75, 3.05) is 36.0 Å². The highest BCUT2D eigenvalue weighted by atomic mass is 32.1. The monoisotopic (exact) mass is 355 g/mol. The summed E-state index contributed by atoms with van der Waals surface area (Å²) in [5.41, 5.74) is 3.96. The van der Waals surface area contributed by atoms with Crippen molar-refractivity contribution >= 4 is 38.3 Å². The highest BCUT2D eigenvalue weighted by molar-refractivity contribution is 7.22. The van der Waals surface area contributed by atoms with Crippen LogP contribution in [0.15, 0.2) is 24.3 Å². The maximum Gasteiger partial charge on any atom is 0.188 e. The number of carbonyl (C=O) groups excluding carboxylic acids is 1. The molecule has 0 unspecified atom stereocenters. The van der Waals surface area contributed by atoms with Gasteiger partial charge in [-0.05, 0) is 38.1 Å². The van der Waals surface area contributed by atoms with Gasteiger partial charge < -0.3 is 9.80 Å². The number of thiazole rings is 1. The van der Waals surface area contributed by atoms with Crippen molar-refractivity contribution in [1.29, 1.82) is 0 Å². The molecule has 0 spiro atoms. The second-order valence-corrected chi connectivity index (χ2v) is 7.41. The molecule has 0 N–H and O–H groups in total. The Hall–Kier alpha value is -2.41. The van der Waals surface area contributed by atoms with E-state index in [2.05, 4.69) is 14.9 Å². The molecule has 1 saturated heterocycles. The Balaban J connectivity index is 1.46. The number of aryl methyl sites for hydroxylation is 2. The Morgan fingerprint density at radius 3 is 2.32 bits per heavy atom. The molecule has 3 aromatic rings. The number of piperazine rings is 1. The second-order valence-electron chi connectivity index (χ2n) is 6.44. The molecular weight excluding hydrogens is 334 g/mol. The summed E-state index contributed by atoms with van der Waals surface area (Å²) < 4.78 is 3.04. The molecule has 25 heavy (non-hydrogen) atoms. The number of Topliss-reactive ketones (excluding diaryl/α,β-unsaturated/α-hetero) is 1. The van der Waals surface area contributed by atoms with Crippen molar-refractivity contribution < 1.29 is 4.79 Å². The van der Waals surface area contributed by atoms with Crippen molar-refractivity contribution in [2.24, 2.45) is 7.05 Å². The molecule has 7 heteroatoms. The Morgan fingerprint density at radius 2 is 1.72 bits per heavy atom. The molecule has 0 bridgehead atoms. The van der Waals surface area contributed by atoms with Gasteiger partial charge in [-0.15, -0.1) is 0 Å². The van der Waals surface area contributed by atoms with Gasteiger partial charge in [0.15, 0.2) is 16.6 Å². The zero-order chi connectivity index (χ0) is 17.6. The lowest BCUT2D eigenvalue weighted by Crippen LogP contribution is -2.46. The van der Waals surface area contributed by atoms with Crippen LogP contribution < -0.4 is 9.80 Å². The zero-order valence-corrected chi connectivity index (χ0v) is 15.5. The molecule has 1 aromatic carbocycles. The minimum atomic E-state index is 0.108. The molecule has 0 saturated carbocycles. The summed E-state index contributed by atoms with van der Waals surface area (Å²) in [5.74, 6) is 0.108. The van der Waals surface area contributed by atoms with Gasteiger partial charge in [0.1, 0.15) is 0 Å². The molecule has 1 fully saturated rings. The summed E-state index contributed by atoms with van der Waals surface area (Å²) in [6, 6.07) is 7.90. The lowest BCUT2D eigenvalue weighted by atomic mass is 10.1. The van der Waals surface area contributed by atoms with Crippen LogP contribution in [0.1, 0.15) is 23.0 Å². The van der Waals surface area contributed by atoms with Gasteiger partial charge in [-0.1, -0.05) is 11.3 Å². The molecule has 3 heterocycles. The molecular formula is C18H21N5OS. The number of carbonyl (C=O) groups is 1. The highest BCUT2D eigenvalue weighted by Crippen LogP contribution is 2.31. The van der Waals surface area contributed by atoms with Gasteiger partial charge in [-0.2, -0.15) is 5.10 Å². The molecule has 130 valence electrons. The van der Waals surface area contributed by atoms with Gasteiger partial charge in [0, 0.05) is 44.5 Å². The SMILES string of the molecule is CC(=O)c1ccc(N2CCN(c3nc4c(s3)c(C)nn4C)CC2)cc1. The van der Waals surface area contributed by atoms with Gasteiger partial charge in [0.2, 0.25) is 0 Å². The fraction of sp³-hybridized carbons (Fsp3) is 0.389. The van der Waals surface area contributed by atoms with Crippen LogP contribution in [-0.2, 0) is 7.05 Å². The van der Waals surface area contributed by atoms with Gasteiger partial charge in [-0.25, -0.2) is 9.67 Å².